The van der Waals surface area contributed by atoms with Crippen molar-refractivity contribution in [2.45, 2.75) is 19.5 Å². The third-order valence-corrected chi connectivity index (χ3v) is 5.65. The summed E-state index contributed by atoms with van der Waals surface area (Å²) in [4.78, 5) is 17.3. The fraction of sp³-hybridized carbons (Fsp3) is 0.167. The number of imidazole rings is 1. The van der Waals surface area contributed by atoms with Crippen LogP contribution in [0.3, 0.4) is 0 Å². The summed E-state index contributed by atoms with van der Waals surface area (Å²) < 4.78 is 8.81. The minimum absolute atomic E-state index is 0.137. The molecule has 0 saturated carbocycles. The minimum Gasteiger partial charge on any atom is -0.492 e. The zero-order valence-corrected chi connectivity index (χ0v) is 19.1. The molecule has 7 heteroatoms. The fourth-order valence-electron chi connectivity index (χ4n) is 3.37. The standard InChI is InChI=1S/C24H21BrClN3O2/c25-18-8-5-7-17(15-18)24(30)27-16-23-28-20-10-2-3-11-21(20)29(23)13-6-14-31-22-12-4-1-9-19(22)26/h1-5,7-12,15H,6,13-14,16H2,(H,27,30). The highest BCUT2D eigenvalue weighted by molar-refractivity contribution is 9.10. The molecule has 0 spiro atoms. The molecule has 1 heterocycles. The van der Waals surface area contributed by atoms with E-state index < -0.39 is 0 Å². The second-order valence-corrected chi connectivity index (χ2v) is 8.32. The van der Waals surface area contributed by atoms with Crippen molar-refractivity contribution in [2.24, 2.45) is 0 Å². The number of carbonyl (C=O) groups is 1. The number of rotatable bonds is 8. The molecule has 0 unspecified atom stereocenters. The number of hydrogen-bond acceptors (Lipinski definition) is 3. The van der Waals surface area contributed by atoms with Crippen LogP contribution in [0.2, 0.25) is 5.02 Å². The molecule has 1 aromatic heterocycles. The van der Waals surface area contributed by atoms with Crippen LogP contribution < -0.4 is 10.1 Å². The molecule has 0 aliphatic rings. The average molecular weight is 499 g/mol. The van der Waals surface area contributed by atoms with Gasteiger partial charge in [-0.2, -0.15) is 0 Å². The number of amides is 1. The number of nitrogens with zero attached hydrogens (tertiary/aromatic N) is 2. The fourth-order valence-corrected chi connectivity index (χ4v) is 3.96. The number of fused-ring (bicyclic) bond motifs is 1. The lowest BCUT2D eigenvalue weighted by atomic mass is 10.2. The highest BCUT2D eigenvalue weighted by atomic mass is 79.9. The Balaban J connectivity index is 1.44. The van der Waals surface area contributed by atoms with Gasteiger partial charge in [-0.1, -0.05) is 57.9 Å². The van der Waals surface area contributed by atoms with Crippen molar-refractivity contribution in [3.05, 3.63) is 93.7 Å². The Morgan fingerprint density at radius 1 is 1.06 bits per heavy atom. The van der Waals surface area contributed by atoms with E-state index in [9.17, 15) is 4.79 Å². The van der Waals surface area contributed by atoms with Crippen molar-refractivity contribution in [1.82, 2.24) is 14.9 Å². The Labute approximate surface area is 194 Å². The van der Waals surface area contributed by atoms with Gasteiger partial charge in [0.05, 0.1) is 29.2 Å². The first kappa shape index (κ1) is 21.4. The third kappa shape index (κ3) is 5.27. The van der Waals surface area contributed by atoms with Crippen LogP contribution >= 0.6 is 27.5 Å². The van der Waals surface area contributed by atoms with E-state index in [1.807, 2.05) is 60.7 Å². The quantitative estimate of drug-likeness (QED) is 0.310. The second kappa shape index (κ2) is 9.98. The lowest BCUT2D eigenvalue weighted by Gasteiger charge is -2.12. The van der Waals surface area contributed by atoms with Gasteiger partial charge in [0.25, 0.3) is 5.91 Å². The van der Waals surface area contributed by atoms with Crippen LogP contribution in [0.15, 0.2) is 77.3 Å². The third-order valence-electron chi connectivity index (χ3n) is 4.85. The summed E-state index contributed by atoms with van der Waals surface area (Å²) in [5.74, 6) is 1.35. The number of para-hydroxylation sites is 3. The monoisotopic (exact) mass is 497 g/mol. The predicted octanol–water partition coefficient (Wildman–Crippen LogP) is 5.85. The summed E-state index contributed by atoms with van der Waals surface area (Å²) in [6.45, 7) is 1.58. The number of ether oxygens (including phenoxy) is 1. The van der Waals surface area contributed by atoms with E-state index in [0.717, 1.165) is 27.8 Å². The van der Waals surface area contributed by atoms with Gasteiger partial charge < -0.3 is 14.6 Å². The molecule has 0 radical (unpaired) electrons. The Morgan fingerprint density at radius 2 is 1.87 bits per heavy atom. The van der Waals surface area contributed by atoms with Crippen molar-refractivity contribution in [2.75, 3.05) is 6.61 Å². The Kier molecular flexibility index (Phi) is 6.89. The zero-order chi connectivity index (χ0) is 21.6. The molecule has 0 fully saturated rings. The van der Waals surface area contributed by atoms with Gasteiger partial charge in [0.1, 0.15) is 11.6 Å². The van der Waals surface area contributed by atoms with Crippen molar-refractivity contribution >= 4 is 44.5 Å². The van der Waals surface area contributed by atoms with E-state index in [1.165, 1.54) is 0 Å². The number of halogens is 2. The SMILES string of the molecule is O=C(NCc1nc2ccccc2n1CCCOc1ccccc1Cl)c1cccc(Br)c1. The minimum atomic E-state index is -0.137. The van der Waals surface area contributed by atoms with Crippen molar-refractivity contribution in [1.29, 1.82) is 0 Å². The molecule has 158 valence electrons. The van der Waals surface area contributed by atoms with Crippen LogP contribution in [0.1, 0.15) is 22.6 Å². The highest BCUT2D eigenvalue weighted by Gasteiger charge is 2.13. The number of benzene rings is 3. The number of aromatic nitrogens is 2. The predicted molar refractivity (Wildman–Crippen MR) is 127 cm³/mol. The van der Waals surface area contributed by atoms with Crippen LogP contribution in [0.4, 0.5) is 0 Å². The maximum Gasteiger partial charge on any atom is 0.251 e. The summed E-state index contributed by atoms with van der Waals surface area (Å²) in [6.07, 6.45) is 0.776. The zero-order valence-electron chi connectivity index (χ0n) is 16.7. The average Bonchev–Trinajstić information content (AvgIpc) is 3.13. The summed E-state index contributed by atoms with van der Waals surface area (Å²) in [5.41, 5.74) is 2.54. The van der Waals surface area contributed by atoms with E-state index >= 15 is 0 Å². The molecule has 0 atom stereocenters. The van der Waals surface area contributed by atoms with Crippen molar-refractivity contribution < 1.29 is 9.53 Å². The molecule has 1 amide bonds. The molecule has 3 aromatic carbocycles. The lowest BCUT2D eigenvalue weighted by Crippen LogP contribution is -2.25. The van der Waals surface area contributed by atoms with Crippen molar-refractivity contribution in [3.8, 4) is 5.75 Å². The van der Waals surface area contributed by atoms with Gasteiger partial charge in [0.15, 0.2) is 0 Å². The van der Waals surface area contributed by atoms with Gasteiger partial charge in [0, 0.05) is 16.6 Å². The molecule has 0 saturated heterocycles. The molecule has 0 aliphatic heterocycles. The number of aryl methyl sites for hydroxylation is 1. The molecule has 4 rings (SSSR count). The second-order valence-electron chi connectivity index (χ2n) is 6.99. The maximum absolute atomic E-state index is 12.5. The molecular formula is C24H21BrClN3O2. The van der Waals surface area contributed by atoms with Gasteiger partial charge in [-0.25, -0.2) is 4.98 Å². The van der Waals surface area contributed by atoms with Crippen LogP contribution in [0, 0.1) is 0 Å². The first-order chi connectivity index (χ1) is 15.1. The topological polar surface area (TPSA) is 56.2 Å². The Morgan fingerprint density at radius 3 is 2.71 bits per heavy atom. The van der Waals surface area contributed by atoms with Crippen LogP contribution in [0.5, 0.6) is 5.75 Å². The normalized spacial score (nSPS) is 10.9. The largest absolute Gasteiger partial charge is 0.492 e. The first-order valence-electron chi connectivity index (χ1n) is 9.97. The van der Waals surface area contributed by atoms with Gasteiger partial charge in [-0.15, -0.1) is 0 Å². The maximum atomic E-state index is 12.5. The van der Waals surface area contributed by atoms with E-state index in [0.29, 0.717) is 36.0 Å². The molecule has 0 aliphatic carbocycles. The van der Waals surface area contributed by atoms with Gasteiger partial charge in [0.2, 0.25) is 0 Å². The van der Waals surface area contributed by atoms with E-state index in [4.69, 9.17) is 21.3 Å². The van der Waals surface area contributed by atoms with E-state index in [1.54, 1.807) is 12.1 Å². The Bertz CT molecular complexity index is 1210. The number of carbonyl (C=O) groups excluding carboxylic acids is 1. The van der Waals surface area contributed by atoms with Crippen LogP contribution in [-0.2, 0) is 13.1 Å². The number of nitrogens with one attached hydrogen (secondary N) is 1. The van der Waals surface area contributed by atoms with Gasteiger partial charge in [-0.3, -0.25) is 4.79 Å². The van der Waals surface area contributed by atoms with Crippen LogP contribution in [0.25, 0.3) is 11.0 Å². The summed E-state index contributed by atoms with van der Waals surface area (Å²) >= 11 is 9.56. The van der Waals surface area contributed by atoms with Crippen LogP contribution in [-0.4, -0.2) is 22.1 Å². The molecular weight excluding hydrogens is 478 g/mol. The number of hydrogen-bond donors (Lipinski definition) is 1. The highest BCUT2D eigenvalue weighted by Crippen LogP contribution is 2.23. The molecule has 5 nitrogen and oxygen atoms in total. The van der Waals surface area contributed by atoms with Gasteiger partial charge in [-0.05, 0) is 48.9 Å². The van der Waals surface area contributed by atoms with E-state index in [-0.39, 0.29) is 5.91 Å². The molecule has 4 aromatic rings. The van der Waals surface area contributed by atoms with E-state index in [2.05, 4.69) is 25.8 Å². The Hall–Kier alpha value is -2.83. The first-order valence-corrected chi connectivity index (χ1v) is 11.1. The summed E-state index contributed by atoms with van der Waals surface area (Å²) in [6, 6.07) is 22.7. The lowest BCUT2D eigenvalue weighted by molar-refractivity contribution is 0.0949. The summed E-state index contributed by atoms with van der Waals surface area (Å²) in [7, 11) is 0. The van der Waals surface area contributed by atoms with Gasteiger partial charge >= 0.3 is 0 Å². The van der Waals surface area contributed by atoms with Crippen molar-refractivity contribution in [3.63, 3.8) is 0 Å². The summed E-state index contributed by atoms with van der Waals surface area (Å²) in [5, 5.41) is 3.58. The molecule has 31 heavy (non-hydrogen) atoms. The smallest absolute Gasteiger partial charge is 0.251 e. The molecule has 1 N–H and O–H groups in total. The molecule has 0 bridgehead atoms.